The van der Waals surface area contributed by atoms with Crippen molar-refractivity contribution in [2.45, 2.75) is 25.7 Å². The van der Waals surface area contributed by atoms with Gasteiger partial charge in [0.15, 0.2) is 0 Å². The van der Waals surface area contributed by atoms with Crippen molar-refractivity contribution in [2.24, 2.45) is 5.92 Å². The van der Waals surface area contributed by atoms with Crippen LogP contribution in [0.5, 0.6) is 0 Å². The molecule has 1 heterocycles. The molecule has 2 atom stereocenters. The first kappa shape index (κ1) is 24.2. The molecular weight excluding hydrogens is 484 g/mol. The Kier molecular flexibility index (Phi) is 6.06. The van der Waals surface area contributed by atoms with Gasteiger partial charge in [0.1, 0.15) is 0 Å². The Morgan fingerprint density at radius 2 is 1.52 bits per heavy atom. The first-order chi connectivity index (χ1) is 19.7. The van der Waals surface area contributed by atoms with E-state index in [2.05, 4.69) is 133 Å². The summed E-state index contributed by atoms with van der Waals surface area (Å²) in [6.07, 6.45) is 17.8. The summed E-state index contributed by atoms with van der Waals surface area (Å²) in [6, 6.07) is 32.9. The summed E-state index contributed by atoms with van der Waals surface area (Å²) in [6.45, 7) is 2.27. The van der Waals surface area contributed by atoms with E-state index in [1.165, 1.54) is 27.8 Å². The Morgan fingerprint density at radius 1 is 0.750 bits per heavy atom. The largest absolute Gasteiger partial charge is 0.309 e. The maximum Gasteiger partial charge on any atom is 0.0991 e. The number of hydrogen-bond donors (Lipinski definition) is 0. The third-order valence-electron chi connectivity index (χ3n) is 8.25. The summed E-state index contributed by atoms with van der Waals surface area (Å²) in [5.74, 6) is 0.988. The third kappa shape index (κ3) is 4.31. The molecule has 0 bridgehead atoms. The standard InChI is InChI=1S/C38H30N2/c1-26-7-5-10-30(21-26)31-11-6-12-32(23-31)33-16-20-38-36(24-33)35-22-27(25-39)13-19-37(35)40(38)34-17-14-29(15-18-34)28-8-3-2-4-9-28/h2-6,8,10-24,26,28H,7,9H2,1H3. The molecule has 0 N–H and O–H groups in total. The molecule has 0 saturated heterocycles. The quantitative estimate of drug-likeness (QED) is 0.235. The van der Waals surface area contributed by atoms with Crippen LogP contribution in [-0.4, -0.2) is 4.57 Å². The molecule has 2 unspecified atom stereocenters. The van der Waals surface area contributed by atoms with Gasteiger partial charge >= 0.3 is 0 Å². The molecule has 0 radical (unpaired) electrons. The number of hydrogen-bond acceptors (Lipinski definition) is 1. The maximum absolute atomic E-state index is 9.68. The minimum Gasteiger partial charge on any atom is -0.309 e. The number of allylic oxidation sites excluding steroid dienone is 8. The number of benzene rings is 4. The van der Waals surface area contributed by atoms with Gasteiger partial charge < -0.3 is 4.57 Å². The third-order valence-corrected chi connectivity index (χ3v) is 8.25. The van der Waals surface area contributed by atoms with Crippen molar-refractivity contribution in [1.29, 1.82) is 5.26 Å². The zero-order valence-corrected chi connectivity index (χ0v) is 22.6. The number of rotatable bonds is 4. The van der Waals surface area contributed by atoms with Crippen LogP contribution >= 0.6 is 0 Å². The van der Waals surface area contributed by atoms with Crippen LogP contribution in [0.1, 0.15) is 42.4 Å². The molecule has 7 rings (SSSR count). The maximum atomic E-state index is 9.68. The number of nitrogens with zero attached hydrogens (tertiary/aromatic N) is 2. The van der Waals surface area contributed by atoms with E-state index in [1.807, 2.05) is 12.1 Å². The lowest BCUT2D eigenvalue weighted by Crippen LogP contribution is -1.98. The topological polar surface area (TPSA) is 28.7 Å². The van der Waals surface area contributed by atoms with E-state index in [4.69, 9.17) is 0 Å². The fourth-order valence-corrected chi connectivity index (χ4v) is 6.16. The fraction of sp³-hybridized carbons (Fsp3) is 0.132. The molecule has 0 saturated carbocycles. The highest BCUT2D eigenvalue weighted by molar-refractivity contribution is 6.11. The normalized spacial score (nSPS) is 18.2. The van der Waals surface area contributed by atoms with Crippen LogP contribution in [0.4, 0.5) is 0 Å². The van der Waals surface area contributed by atoms with E-state index in [-0.39, 0.29) is 0 Å². The molecule has 192 valence electrons. The minimum absolute atomic E-state index is 0.428. The smallest absolute Gasteiger partial charge is 0.0991 e. The first-order valence-corrected chi connectivity index (χ1v) is 14.1. The number of nitriles is 1. The zero-order chi connectivity index (χ0) is 27.1. The van der Waals surface area contributed by atoms with Crippen molar-refractivity contribution < 1.29 is 0 Å². The molecule has 2 heteroatoms. The van der Waals surface area contributed by atoms with Crippen LogP contribution in [0, 0.1) is 17.2 Å². The Labute approximate surface area is 235 Å². The molecule has 5 aromatic rings. The lowest BCUT2D eigenvalue weighted by Gasteiger charge is -2.15. The summed E-state index contributed by atoms with van der Waals surface area (Å²) >= 11 is 0. The highest BCUT2D eigenvalue weighted by Crippen LogP contribution is 2.37. The van der Waals surface area contributed by atoms with Crippen LogP contribution < -0.4 is 0 Å². The van der Waals surface area contributed by atoms with Crippen molar-refractivity contribution in [3.05, 3.63) is 144 Å². The average molecular weight is 515 g/mol. The zero-order valence-electron chi connectivity index (χ0n) is 22.6. The van der Waals surface area contributed by atoms with E-state index >= 15 is 0 Å². The molecule has 0 aliphatic heterocycles. The van der Waals surface area contributed by atoms with Crippen molar-refractivity contribution in [1.82, 2.24) is 4.57 Å². The van der Waals surface area contributed by atoms with Crippen molar-refractivity contribution in [3.8, 4) is 22.9 Å². The summed E-state index contributed by atoms with van der Waals surface area (Å²) in [5.41, 5.74) is 10.3. The predicted octanol–water partition coefficient (Wildman–Crippen LogP) is 9.90. The van der Waals surface area contributed by atoms with Crippen molar-refractivity contribution in [2.75, 3.05) is 0 Å². The van der Waals surface area contributed by atoms with Gasteiger partial charge in [-0.25, -0.2) is 0 Å². The van der Waals surface area contributed by atoms with Gasteiger partial charge in [-0.3, -0.25) is 0 Å². The first-order valence-electron chi connectivity index (χ1n) is 14.1. The van der Waals surface area contributed by atoms with Gasteiger partial charge in [0.2, 0.25) is 0 Å². The summed E-state index contributed by atoms with van der Waals surface area (Å²) in [4.78, 5) is 0. The Balaban J connectivity index is 1.35. The van der Waals surface area contributed by atoms with Crippen LogP contribution in [0.25, 0.3) is 44.2 Å². The van der Waals surface area contributed by atoms with Crippen molar-refractivity contribution in [3.63, 3.8) is 0 Å². The van der Waals surface area contributed by atoms with Gasteiger partial charge in [-0.1, -0.05) is 85.9 Å². The highest BCUT2D eigenvalue weighted by atomic mass is 15.0. The lowest BCUT2D eigenvalue weighted by molar-refractivity contribution is 0.740. The molecule has 0 spiro atoms. The molecule has 0 amide bonds. The Bertz CT molecular complexity index is 1920. The van der Waals surface area contributed by atoms with Gasteiger partial charge in [-0.05, 0) is 95.1 Å². The molecule has 2 aliphatic rings. The molecule has 1 aromatic heterocycles. The lowest BCUT2D eigenvalue weighted by atomic mass is 9.92. The average Bonchev–Trinajstić information content (AvgIpc) is 3.34. The van der Waals surface area contributed by atoms with E-state index in [0.29, 0.717) is 17.4 Å². The van der Waals surface area contributed by atoms with Gasteiger partial charge in [-0.15, -0.1) is 0 Å². The van der Waals surface area contributed by atoms with Gasteiger partial charge in [-0.2, -0.15) is 5.26 Å². The second-order valence-electron chi connectivity index (χ2n) is 11.0. The van der Waals surface area contributed by atoms with E-state index < -0.39 is 0 Å². The highest BCUT2D eigenvalue weighted by Gasteiger charge is 2.16. The van der Waals surface area contributed by atoms with Crippen molar-refractivity contribution >= 4 is 27.4 Å². The summed E-state index contributed by atoms with van der Waals surface area (Å²) < 4.78 is 2.32. The second kappa shape index (κ2) is 10.0. The number of fused-ring (bicyclic) bond motifs is 3. The monoisotopic (exact) mass is 514 g/mol. The summed E-state index contributed by atoms with van der Waals surface area (Å²) in [5, 5.41) is 11.9. The van der Waals surface area contributed by atoms with E-state index in [0.717, 1.165) is 40.3 Å². The van der Waals surface area contributed by atoms with Gasteiger partial charge in [0.05, 0.1) is 22.7 Å². The van der Waals surface area contributed by atoms with Crippen LogP contribution in [0.2, 0.25) is 0 Å². The van der Waals surface area contributed by atoms with Gasteiger partial charge in [0, 0.05) is 22.4 Å². The summed E-state index contributed by atoms with van der Waals surface area (Å²) in [7, 11) is 0. The minimum atomic E-state index is 0.428. The second-order valence-corrected chi connectivity index (χ2v) is 11.0. The van der Waals surface area contributed by atoms with Crippen LogP contribution in [-0.2, 0) is 0 Å². The fourth-order valence-electron chi connectivity index (χ4n) is 6.16. The Hall–Kier alpha value is -4.87. The molecule has 0 fully saturated rings. The molecule has 2 aliphatic carbocycles. The van der Waals surface area contributed by atoms with E-state index in [1.54, 1.807) is 0 Å². The molecule has 2 nitrogen and oxygen atoms in total. The molecule has 4 aromatic carbocycles. The molecule has 40 heavy (non-hydrogen) atoms. The number of aromatic nitrogens is 1. The molecular formula is C38H30N2. The Morgan fingerprint density at radius 3 is 2.30 bits per heavy atom. The SMILES string of the molecule is CC1C=C(c2cccc(-c3ccc4c(c3)c3cc(C#N)ccc3n4-c3ccc(C4C=CC=CC4)cc3)c2)C=CC1. The van der Waals surface area contributed by atoms with Crippen LogP contribution in [0.3, 0.4) is 0 Å². The van der Waals surface area contributed by atoms with Gasteiger partial charge in [0.25, 0.3) is 0 Å². The van der Waals surface area contributed by atoms with Crippen LogP contribution in [0.15, 0.2) is 127 Å². The predicted molar refractivity (Wildman–Crippen MR) is 167 cm³/mol. The van der Waals surface area contributed by atoms with E-state index in [9.17, 15) is 5.26 Å².